The van der Waals surface area contributed by atoms with E-state index in [1.807, 2.05) is 43.3 Å². The molecule has 8 heteroatoms. The summed E-state index contributed by atoms with van der Waals surface area (Å²) in [4.78, 5) is 42.1. The van der Waals surface area contributed by atoms with Crippen molar-refractivity contribution in [2.75, 3.05) is 5.32 Å². The maximum absolute atomic E-state index is 12.8. The number of aryl methyl sites for hydroxylation is 3. The number of para-hydroxylation sites is 1. The SMILES string of the molecule is Cc1ccc(-n2nc(C(=O)NC3CCc4ccccc4NC3=O)c(=O)cc2C)cn1. The first-order chi connectivity index (χ1) is 14.4. The largest absolute Gasteiger partial charge is 0.339 e. The lowest BCUT2D eigenvalue weighted by molar-refractivity contribution is -0.118. The van der Waals surface area contributed by atoms with Gasteiger partial charge in [0.1, 0.15) is 6.04 Å². The molecule has 0 saturated carbocycles. The minimum atomic E-state index is -0.762. The number of carbonyl (C=O) groups excluding carboxylic acids is 2. The number of hydrogen-bond donors (Lipinski definition) is 2. The van der Waals surface area contributed by atoms with E-state index in [0.29, 0.717) is 24.2 Å². The summed E-state index contributed by atoms with van der Waals surface area (Å²) in [6, 6.07) is 11.7. The van der Waals surface area contributed by atoms with Crippen LogP contribution in [0.15, 0.2) is 53.5 Å². The summed E-state index contributed by atoms with van der Waals surface area (Å²) in [6.07, 6.45) is 2.68. The Bertz CT molecular complexity index is 1180. The fourth-order valence-corrected chi connectivity index (χ4v) is 3.43. The van der Waals surface area contributed by atoms with Gasteiger partial charge in [-0.25, -0.2) is 4.68 Å². The number of anilines is 1. The molecule has 0 spiro atoms. The third-order valence-corrected chi connectivity index (χ3v) is 5.06. The van der Waals surface area contributed by atoms with Gasteiger partial charge in [-0.2, -0.15) is 5.10 Å². The summed E-state index contributed by atoms with van der Waals surface area (Å²) in [5.41, 5.74) is 3.03. The first kappa shape index (κ1) is 19.5. The summed E-state index contributed by atoms with van der Waals surface area (Å²) in [6.45, 7) is 3.59. The topological polar surface area (TPSA) is 106 Å². The molecule has 1 aromatic carbocycles. The quantitative estimate of drug-likeness (QED) is 0.695. The Kier molecular flexibility index (Phi) is 5.14. The molecule has 1 atom stereocenters. The van der Waals surface area contributed by atoms with Gasteiger partial charge in [0.2, 0.25) is 11.3 Å². The predicted octanol–water partition coefficient (Wildman–Crippen LogP) is 1.93. The Hall–Kier alpha value is -3.81. The molecular weight excluding hydrogens is 382 g/mol. The molecule has 152 valence electrons. The van der Waals surface area contributed by atoms with Crippen molar-refractivity contribution in [1.82, 2.24) is 20.1 Å². The van der Waals surface area contributed by atoms with Crippen LogP contribution in [0.4, 0.5) is 5.69 Å². The van der Waals surface area contributed by atoms with Crippen molar-refractivity contribution < 1.29 is 9.59 Å². The first-order valence-corrected chi connectivity index (χ1v) is 9.66. The molecule has 0 saturated heterocycles. The van der Waals surface area contributed by atoms with Crippen LogP contribution in [0.5, 0.6) is 0 Å². The molecule has 8 nitrogen and oxygen atoms in total. The molecule has 0 fully saturated rings. The van der Waals surface area contributed by atoms with Crippen LogP contribution in [0.1, 0.15) is 33.9 Å². The van der Waals surface area contributed by atoms with Gasteiger partial charge in [0.15, 0.2) is 5.69 Å². The van der Waals surface area contributed by atoms with Crippen LogP contribution >= 0.6 is 0 Å². The van der Waals surface area contributed by atoms with Gasteiger partial charge in [-0.05, 0) is 50.5 Å². The van der Waals surface area contributed by atoms with E-state index in [1.54, 1.807) is 13.1 Å². The van der Waals surface area contributed by atoms with Gasteiger partial charge in [-0.1, -0.05) is 18.2 Å². The summed E-state index contributed by atoms with van der Waals surface area (Å²) in [5, 5.41) is 9.74. The maximum Gasteiger partial charge on any atom is 0.276 e. The lowest BCUT2D eigenvalue weighted by atomic mass is 10.1. The smallest absolute Gasteiger partial charge is 0.276 e. The lowest BCUT2D eigenvalue weighted by Gasteiger charge is -2.16. The van der Waals surface area contributed by atoms with Gasteiger partial charge in [0.05, 0.1) is 11.9 Å². The average Bonchev–Trinajstić information content (AvgIpc) is 2.87. The van der Waals surface area contributed by atoms with Gasteiger partial charge in [0.25, 0.3) is 5.91 Å². The van der Waals surface area contributed by atoms with Crippen LogP contribution in [-0.2, 0) is 11.2 Å². The summed E-state index contributed by atoms with van der Waals surface area (Å²) in [7, 11) is 0. The zero-order chi connectivity index (χ0) is 21.3. The van der Waals surface area contributed by atoms with Crippen molar-refractivity contribution in [2.45, 2.75) is 32.7 Å². The van der Waals surface area contributed by atoms with Crippen LogP contribution in [0.3, 0.4) is 0 Å². The number of fused-ring (bicyclic) bond motifs is 1. The third kappa shape index (κ3) is 3.84. The monoisotopic (exact) mass is 403 g/mol. The number of aromatic nitrogens is 3. The van der Waals surface area contributed by atoms with Crippen LogP contribution in [-0.4, -0.2) is 32.6 Å². The van der Waals surface area contributed by atoms with Gasteiger partial charge < -0.3 is 10.6 Å². The molecule has 1 aliphatic rings. The van der Waals surface area contributed by atoms with E-state index >= 15 is 0 Å². The fourth-order valence-electron chi connectivity index (χ4n) is 3.43. The number of nitrogens with one attached hydrogen (secondary N) is 2. The zero-order valence-corrected chi connectivity index (χ0v) is 16.7. The van der Waals surface area contributed by atoms with Gasteiger partial charge in [-0.3, -0.25) is 19.4 Å². The second kappa shape index (κ2) is 7.90. The van der Waals surface area contributed by atoms with E-state index in [2.05, 4.69) is 20.7 Å². The van der Waals surface area contributed by atoms with Crippen LogP contribution in [0, 0.1) is 13.8 Å². The van der Waals surface area contributed by atoms with Crippen LogP contribution < -0.4 is 16.1 Å². The van der Waals surface area contributed by atoms with Crippen LogP contribution in [0.2, 0.25) is 0 Å². The first-order valence-electron chi connectivity index (χ1n) is 9.66. The van der Waals surface area contributed by atoms with E-state index in [9.17, 15) is 14.4 Å². The van der Waals surface area contributed by atoms with Gasteiger partial charge in [0, 0.05) is 23.1 Å². The van der Waals surface area contributed by atoms with Crippen molar-refractivity contribution in [1.29, 1.82) is 0 Å². The molecule has 0 bridgehead atoms. The summed E-state index contributed by atoms with van der Waals surface area (Å²) in [5.74, 6) is -0.997. The number of nitrogens with zero attached hydrogens (tertiary/aromatic N) is 3. The molecule has 30 heavy (non-hydrogen) atoms. The molecule has 0 radical (unpaired) electrons. The normalized spacial score (nSPS) is 15.7. The third-order valence-electron chi connectivity index (χ3n) is 5.06. The van der Waals surface area contributed by atoms with E-state index in [4.69, 9.17) is 0 Å². The highest BCUT2D eigenvalue weighted by molar-refractivity contribution is 6.01. The highest BCUT2D eigenvalue weighted by Crippen LogP contribution is 2.21. The molecular formula is C22H21N5O3. The lowest BCUT2D eigenvalue weighted by Crippen LogP contribution is -2.45. The second-order valence-electron chi connectivity index (χ2n) is 7.28. The standard InChI is InChI=1S/C22H21N5O3/c1-13-7-9-16(12-23-13)27-14(2)11-19(28)20(26-27)22(30)25-18-10-8-15-5-3-4-6-17(15)24-21(18)29/h3-7,9,11-12,18H,8,10H2,1-2H3,(H,24,29)(H,25,30). The fraction of sp³-hybridized carbons (Fsp3) is 0.227. The Morgan fingerprint density at radius 1 is 1.17 bits per heavy atom. The molecule has 1 aliphatic heterocycles. The number of carbonyl (C=O) groups is 2. The Morgan fingerprint density at radius 2 is 1.97 bits per heavy atom. The highest BCUT2D eigenvalue weighted by Gasteiger charge is 2.27. The number of benzene rings is 1. The summed E-state index contributed by atoms with van der Waals surface area (Å²) >= 11 is 0. The van der Waals surface area contributed by atoms with Crippen molar-refractivity contribution >= 4 is 17.5 Å². The number of pyridine rings is 1. The Balaban J connectivity index is 1.59. The Morgan fingerprint density at radius 3 is 2.73 bits per heavy atom. The van der Waals surface area contributed by atoms with Crippen molar-refractivity contribution in [2.24, 2.45) is 0 Å². The molecule has 2 N–H and O–H groups in total. The summed E-state index contributed by atoms with van der Waals surface area (Å²) < 4.78 is 1.49. The number of amides is 2. The molecule has 2 amide bonds. The molecule has 3 aromatic rings. The van der Waals surface area contributed by atoms with Crippen LogP contribution in [0.25, 0.3) is 5.69 Å². The molecule has 2 aromatic heterocycles. The second-order valence-corrected chi connectivity index (χ2v) is 7.28. The minimum absolute atomic E-state index is 0.268. The van der Waals surface area contributed by atoms with Gasteiger partial charge in [-0.15, -0.1) is 0 Å². The number of hydrogen-bond acceptors (Lipinski definition) is 5. The average molecular weight is 403 g/mol. The van der Waals surface area contributed by atoms with Crippen molar-refractivity contribution in [3.8, 4) is 5.69 Å². The predicted molar refractivity (Wildman–Crippen MR) is 112 cm³/mol. The highest BCUT2D eigenvalue weighted by atomic mass is 16.2. The molecule has 0 aliphatic carbocycles. The maximum atomic E-state index is 12.8. The van der Waals surface area contributed by atoms with E-state index in [0.717, 1.165) is 16.9 Å². The van der Waals surface area contributed by atoms with Crippen molar-refractivity contribution in [3.63, 3.8) is 0 Å². The van der Waals surface area contributed by atoms with E-state index in [1.165, 1.54) is 10.7 Å². The molecule has 1 unspecified atom stereocenters. The zero-order valence-electron chi connectivity index (χ0n) is 16.7. The van der Waals surface area contributed by atoms with Crippen molar-refractivity contribution in [3.05, 3.63) is 81.5 Å². The van der Waals surface area contributed by atoms with E-state index in [-0.39, 0.29) is 11.6 Å². The van der Waals surface area contributed by atoms with E-state index < -0.39 is 17.4 Å². The minimum Gasteiger partial charge on any atom is -0.339 e. The Labute approximate surface area is 173 Å². The molecule has 3 heterocycles. The van der Waals surface area contributed by atoms with Gasteiger partial charge >= 0.3 is 0 Å². The molecule has 4 rings (SSSR count). The number of rotatable bonds is 3.